The van der Waals surface area contributed by atoms with E-state index in [0.29, 0.717) is 6.54 Å². The van der Waals surface area contributed by atoms with Crippen LogP contribution < -0.4 is 5.32 Å². The summed E-state index contributed by atoms with van der Waals surface area (Å²) in [5.41, 5.74) is 0.536. The maximum absolute atomic E-state index is 12.3. The highest BCUT2D eigenvalue weighted by atomic mass is 16.4. The number of aliphatic carboxylic acids is 1. The van der Waals surface area contributed by atoms with E-state index < -0.39 is 17.4 Å². The van der Waals surface area contributed by atoms with Crippen molar-refractivity contribution in [3.63, 3.8) is 0 Å². The quantitative estimate of drug-likeness (QED) is 0.772. The molecule has 0 saturated carbocycles. The van der Waals surface area contributed by atoms with Crippen LogP contribution in [0.3, 0.4) is 0 Å². The number of carbonyl (C=O) groups excluding carboxylic acids is 1. The van der Waals surface area contributed by atoms with Gasteiger partial charge in [-0.2, -0.15) is 0 Å². The fourth-order valence-corrected chi connectivity index (χ4v) is 2.21. The van der Waals surface area contributed by atoms with Crippen LogP contribution in [0, 0.1) is 5.41 Å². The van der Waals surface area contributed by atoms with Crippen LogP contribution in [-0.2, 0) is 16.1 Å². The molecular formula is C17H26N2O3. The molecule has 0 aliphatic heterocycles. The second-order valence-electron chi connectivity index (χ2n) is 6.21. The van der Waals surface area contributed by atoms with E-state index in [0.717, 1.165) is 13.1 Å². The lowest BCUT2D eigenvalue weighted by molar-refractivity contribution is -0.143. The molecule has 122 valence electrons. The first kappa shape index (κ1) is 18.2. The topological polar surface area (TPSA) is 69.6 Å². The molecular weight excluding hydrogens is 280 g/mol. The van der Waals surface area contributed by atoms with Crippen molar-refractivity contribution in [1.82, 2.24) is 10.2 Å². The van der Waals surface area contributed by atoms with Crippen molar-refractivity contribution in [3.8, 4) is 0 Å². The number of carbonyl (C=O) groups is 2. The standard InChI is InChI=1S/C17H26N2O3/c1-5-19(11-14-9-7-6-8-10-14)12-17(3,4)16(22)18-13(2)15(20)21/h6-10,13H,5,11-12H2,1-4H3,(H,18,22)(H,20,21). The molecule has 5 heteroatoms. The van der Waals surface area contributed by atoms with Gasteiger partial charge in [-0.25, -0.2) is 0 Å². The third-order valence-corrected chi connectivity index (χ3v) is 3.65. The van der Waals surface area contributed by atoms with Crippen LogP contribution in [0.2, 0.25) is 0 Å². The number of nitrogens with one attached hydrogen (secondary N) is 1. The molecule has 0 bridgehead atoms. The third kappa shape index (κ3) is 5.48. The molecule has 0 aromatic heterocycles. The minimum Gasteiger partial charge on any atom is -0.480 e. The van der Waals surface area contributed by atoms with E-state index in [9.17, 15) is 9.59 Å². The van der Waals surface area contributed by atoms with Crippen molar-refractivity contribution >= 4 is 11.9 Å². The normalized spacial score (nSPS) is 13.0. The molecule has 5 nitrogen and oxygen atoms in total. The summed E-state index contributed by atoms with van der Waals surface area (Å²) >= 11 is 0. The van der Waals surface area contributed by atoms with Crippen molar-refractivity contribution in [2.24, 2.45) is 5.41 Å². The Bertz CT molecular complexity index is 500. The molecule has 0 fully saturated rings. The summed E-state index contributed by atoms with van der Waals surface area (Å²) in [6.45, 7) is 9.35. The van der Waals surface area contributed by atoms with Gasteiger partial charge in [0.2, 0.25) is 5.91 Å². The van der Waals surface area contributed by atoms with Crippen molar-refractivity contribution in [3.05, 3.63) is 35.9 Å². The minimum atomic E-state index is -1.03. The summed E-state index contributed by atoms with van der Waals surface area (Å²) < 4.78 is 0. The summed E-state index contributed by atoms with van der Waals surface area (Å²) in [6.07, 6.45) is 0. The molecule has 1 unspecified atom stereocenters. The summed E-state index contributed by atoms with van der Waals surface area (Å²) in [5.74, 6) is -1.27. The Balaban J connectivity index is 2.67. The molecule has 0 aliphatic rings. The Morgan fingerprint density at radius 1 is 1.27 bits per heavy atom. The number of carboxylic acid groups (broad SMARTS) is 1. The average Bonchev–Trinajstić information content (AvgIpc) is 2.47. The van der Waals surface area contributed by atoms with E-state index in [-0.39, 0.29) is 5.91 Å². The fraction of sp³-hybridized carbons (Fsp3) is 0.529. The van der Waals surface area contributed by atoms with E-state index in [4.69, 9.17) is 5.11 Å². The van der Waals surface area contributed by atoms with Gasteiger partial charge in [0.05, 0.1) is 5.41 Å². The van der Waals surface area contributed by atoms with Crippen LogP contribution in [0.1, 0.15) is 33.3 Å². The maximum Gasteiger partial charge on any atom is 0.325 e. The zero-order chi connectivity index (χ0) is 16.8. The van der Waals surface area contributed by atoms with E-state index >= 15 is 0 Å². The fourth-order valence-electron chi connectivity index (χ4n) is 2.21. The van der Waals surface area contributed by atoms with Crippen LogP contribution in [0.25, 0.3) is 0 Å². The highest BCUT2D eigenvalue weighted by Crippen LogP contribution is 2.19. The highest BCUT2D eigenvalue weighted by molar-refractivity contribution is 5.86. The monoisotopic (exact) mass is 306 g/mol. The second kappa shape index (κ2) is 7.94. The van der Waals surface area contributed by atoms with Gasteiger partial charge >= 0.3 is 5.97 Å². The Kier molecular flexibility index (Phi) is 6.56. The first-order valence-corrected chi connectivity index (χ1v) is 7.56. The van der Waals surface area contributed by atoms with Gasteiger partial charge in [-0.05, 0) is 32.9 Å². The van der Waals surface area contributed by atoms with Gasteiger partial charge in [-0.15, -0.1) is 0 Å². The molecule has 0 heterocycles. The van der Waals surface area contributed by atoms with Gasteiger partial charge < -0.3 is 10.4 Å². The van der Waals surface area contributed by atoms with Crippen molar-refractivity contribution < 1.29 is 14.7 Å². The summed E-state index contributed by atoms with van der Waals surface area (Å²) in [7, 11) is 0. The number of benzene rings is 1. The molecule has 0 aliphatic carbocycles. The van der Waals surface area contributed by atoms with E-state index in [1.54, 1.807) is 0 Å². The molecule has 1 rings (SSSR count). The predicted octanol–water partition coefficient (Wildman–Crippen LogP) is 2.12. The van der Waals surface area contributed by atoms with Gasteiger partial charge in [-0.3, -0.25) is 14.5 Å². The molecule has 1 aromatic rings. The number of carboxylic acids is 1. The van der Waals surface area contributed by atoms with Gasteiger partial charge in [0.15, 0.2) is 0 Å². The zero-order valence-corrected chi connectivity index (χ0v) is 13.8. The largest absolute Gasteiger partial charge is 0.480 e. The Morgan fingerprint density at radius 2 is 1.86 bits per heavy atom. The van der Waals surface area contributed by atoms with Crippen LogP contribution in [0.5, 0.6) is 0 Å². The summed E-state index contributed by atoms with van der Waals surface area (Å²) in [5, 5.41) is 11.4. The number of amides is 1. The number of nitrogens with zero attached hydrogens (tertiary/aromatic N) is 1. The Hall–Kier alpha value is -1.88. The van der Waals surface area contributed by atoms with Gasteiger partial charge in [-0.1, -0.05) is 37.3 Å². The Labute approximate surface area is 132 Å². The lowest BCUT2D eigenvalue weighted by Crippen LogP contribution is -2.49. The molecule has 0 spiro atoms. The van der Waals surface area contributed by atoms with E-state index in [2.05, 4.69) is 29.3 Å². The number of rotatable bonds is 8. The van der Waals surface area contributed by atoms with Gasteiger partial charge in [0.25, 0.3) is 0 Å². The van der Waals surface area contributed by atoms with Gasteiger partial charge in [0.1, 0.15) is 6.04 Å². The average molecular weight is 306 g/mol. The van der Waals surface area contributed by atoms with Crippen LogP contribution in [-0.4, -0.2) is 41.0 Å². The number of hydrogen-bond donors (Lipinski definition) is 2. The van der Waals surface area contributed by atoms with Crippen LogP contribution >= 0.6 is 0 Å². The predicted molar refractivity (Wildman–Crippen MR) is 86.4 cm³/mol. The van der Waals surface area contributed by atoms with Crippen molar-refractivity contribution in [2.75, 3.05) is 13.1 Å². The number of hydrogen-bond acceptors (Lipinski definition) is 3. The molecule has 22 heavy (non-hydrogen) atoms. The Morgan fingerprint density at radius 3 is 2.36 bits per heavy atom. The van der Waals surface area contributed by atoms with Gasteiger partial charge in [0, 0.05) is 13.1 Å². The summed E-state index contributed by atoms with van der Waals surface area (Å²) in [4.78, 5) is 25.3. The van der Waals surface area contributed by atoms with E-state index in [1.807, 2.05) is 32.0 Å². The van der Waals surface area contributed by atoms with E-state index in [1.165, 1.54) is 12.5 Å². The maximum atomic E-state index is 12.3. The lowest BCUT2D eigenvalue weighted by Gasteiger charge is -2.31. The molecule has 0 saturated heterocycles. The zero-order valence-electron chi connectivity index (χ0n) is 13.8. The minimum absolute atomic E-state index is 0.242. The molecule has 1 amide bonds. The molecule has 1 atom stereocenters. The first-order chi connectivity index (χ1) is 10.3. The molecule has 0 radical (unpaired) electrons. The smallest absolute Gasteiger partial charge is 0.325 e. The van der Waals surface area contributed by atoms with Crippen molar-refractivity contribution in [2.45, 2.75) is 40.3 Å². The first-order valence-electron chi connectivity index (χ1n) is 7.56. The molecule has 2 N–H and O–H groups in total. The third-order valence-electron chi connectivity index (χ3n) is 3.65. The SMILES string of the molecule is CCN(Cc1ccccc1)CC(C)(C)C(=O)NC(C)C(=O)O. The second-order valence-corrected chi connectivity index (χ2v) is 6.21. The van der Waals surface area contributed by atoms with Crippen molar-refractivity contribution in [1.29, 1.82) is 0 Å². The molecule has 1 aromatic carbocycles. The summed E-state index contributed by atoms with van der Waals surface area (Å²) in [6, 6.07) is 9.20. The van der Waals surface area contributed by atoms with Crippen LogP contribution in [0.4, 0.5) is 0 Å². The van der Waals surface area contributed by atoms with Crippen LogP contribution in [0.15, 0.2) is 30.3 Å². The lowest BCUT2D eigenvalue weighted by atomic mass is 9.91. The highest BCUT2D eigenvalue weighted by Gasteiger charge is 2.31.